The van der Waals surface area contributed by atoms with Crippen LogP contribution in [0.1, 0.15) is 51.5 Å². The highest BCUT2D eigenvalue weighted by atomic mass is 16.3. The molecule has 1 amide bonds. The topological polar surface area (TPSA) is 92.6 Å². The van der Waals surface area contributed by atoms with E-state index in [1.807, 2.05) is 52.0 Å². The van der Waals surface area contributed by atoms with Gasteiger partial charge in [-0.15, -0.1) is 0 Å². The van der Waals surface area contributed by atoms with Crippen LogP contribution in [-0.2, 0) is 0 Å². The average molecular weight is 362 g/mol. The van der Waals surface area contributed by atoms with Gasteiger partial charge >= 0.3 is 0 Å². The van der Waals surface area contributed by atoms with E-state index in [0.29, 0.717) is 16.9 Å². The highest BCUT2D eigenvalue weighted by molar-refractivity contribution is 6.09. The lowest BCUT2D eigenvalue weighted by Gasteiger charge is -2.19. The Labute approximate surface area is 159 Å². The number of rotatable bonds is 3. The fourth-order valence-electron chi connectivity index (χ4n) is 1.89. The highest BCUT2D eigenvalue weighted by Crippen LogP contribution is 2.21. The van der Waals surface area contributed by atoms with E-state index in [4.69, 9.17) is 16.6 Å². The molecular weight excluding hydrogens is 326 g/mol. The molecule has 0 saturated heterocycles. The molecule has 2 rings (SSSR count). The molecule has 26 heavy (non-hydrogen) atoms. The minimum absolute atomic E-state index is 0. The molecule has 0 aromatic heterocycles. The van der Waals surface area contributed by atoms with E-state index < -0.39 is 0 Å². The molecule has 0 aliphatic carbocycles. The summed E-state index contributed by atoms with van der Waals surface area (Å²) in [5, 5.41) is 8.36. The fourth-order valence-corrected chi connectivity index (χ4v) is 1.89. The van der Waals surface area contributed by atoms with Crippen LogP contribution in [0.4, 0.5) is 17.1 Å². The molecule has 5 nitrogen and oxygen atoms in total. The number of aliphatic hydroxyl groups excluding tert-OH is 1. The maximum atomic E-state index is 12.4. The van der Waals surface area contributed by atoms with Gasteiger partial charge in [0.15, 0.2) is 0 Å². The standard InChI is InChI=1S/C15H17N3O.C4H10O.C2H6.H2/c1-10-4-3-5-12(8-10)18(2)15(19)13-9-11(16)6-7-14(13)17;1-3-4(2)5;1-2;/h3-9H,16-17H2,1-2H3;4-5H,3H2,1-2H3;1-2H3;1H. The van der Waals surface area contributed by atoms with Crippen LogP contribution >= 0.6 is 0 Å². The Balaban J connectivity index is 0. The summed E-state index contributed by atoms with van der Waals surface area (Å²) >= 11 is 0. The summed E-state index contributed by atoms with van der Waals surface area (Å²) in [5.74, 6) is -0.171. The van der Waals surface area contributed by atoms with Gasteiger partial charge in [0, 0.05) is 25.5 Å². The molecule has 1 atom stereocenters. The number of aliphatic hydroxyl groups is 1. The molecule has 0 radical (unpaired) electrons. The Morgan fingerprint density at radius 2 is 1.77 bits per heavy atom. The second-order valence-electron chi connectivity index (χ2n) is 5.81. The van der Waals surface area contributed by atoms with Gasteiger partial charge in [-0.1, -0.05) is 32.9 Å². The Hall–Kier alpha value is -2.53. The second kappa shape index (κ2) is 11.9. The zero-order chi connectivity index (χ0) is 20.3. The quantitative estimate of drug-likeness (QED) is 0.702. The Morgan fingerprint density at radius 1 is 1.19 bits per heavy atom. The van der Waals surface area contributed by atoms with E-state index in [2.05, 4.69) is 0 Å². The van der Waals surface area contributed by atoms with Gasteiger partial charge in [0.05, 0.1) is 11.7 Å². The molecule has 2 aromatic carbocycles. The van der Waals surface area contributed by atoms with Gasteiger partial charge < -0.3 is 21.5 Å². The lowest BCUT2D eigenvalue weighted by Crippen LogP contribution is -2.27. The van der Waals surface area contributed by atoms with Crippen molar-refractivity contribution in [3.63, 3.8) is 0 Å². The number of benzene rings is 2. The van der Waals surface area contributed by atoms with Crippen molar-refractivity contribution in [3.05, 3.63) is 53.6 Å². The van der Waals surface area contributed by atoms with Crippen molar-refractivity contribution in [2.24, 2.45) is 0 Å². The summed E-state index contributed by atoms with van der Waals surface area (Å²) < 4.78 is 0. The van der Waals surface area contributed by atoms with E-state index in [-0.39, 0.29) is 13.4 Å². The van der Waals surface area contributed by atoms with Gasteiger partial charge in [0.2, 0.25) is 0 Å². The predicted octanol–water partition coefficient (Wildman–Crippen LogP) is 4.49. The zero-order valence-corrected chi connectivity index (χ0v) is 16.8. The fraction of sp³-hybridized carbons (Fsp3) is 0.381. The number of hydrogen-bond donors (Lipinski definition) is 3. The number of carbonyl (C=O) groups excluding carboxylic acids is 1. The van der Waals surface area contributed by atoms with Gasteiger partial charge in [-0.3, -0.25) is 4.79 Å². The normalized spacial score (nSPS) is 10.6. The van der Waals surface area contributed by atoms with Crippen LogP contribution < -0.4 is 16.4 Å². The molecule has 0 bridgehead atoms. The maximum Gasteiger partial charge on any atom is 0.260 e. The first-order valence-corrected chi connectivity index (χ1v) is 8.94. The van der Waals surface area contributed by atoms with Gasteiger partial charge in [0.25, 0.3) is 5.91 Å². The van der Waals surface area contributed by atoms with Crippen LogP contribution in [0.25, 0.3) is 0 Å². The first kappa shape index (κ1) is 23.5. The van der Waals surface area contributed by atoms with Gasteiger partial charge in [-0.25, -0.2) is 0 Å². The average Bonchev–Trinajstić information content (AvgIpc) is 2.64. The van der Waals surface area contributed by atoms with Crippen LogP contribution in [0.2, 0.25) is 0 Å². The molecule has 0 aliphatic rings. The van der Waals surface area contributed by atoms with Crippen molar-refractivity contribution >= 4 is 23.0 Å². The molecule has 0 heterocycles. The number of aryl methyl sites for hydroxylation is 1. The molecule has 5 N–H and O–H groups in total. The number of anilines is 3. The number of nitrogen functional groups attached to an aromatic ring is 2. The molecule has 2 aromatic rings. The number of amides is 1. The minimum Gasteiger partial charge on any atom is -0.399 e. The number of carbonyl (C=O) groups is 1. The van der Waals surface area contributed by atoms with Crippen molar-refractivity contribution in [1.82, 2.24) is 0 Å². The summed E-state index contributed by atoms with van der Waals surface area (Å²) in [5.41, 5.74) is 14.8. The smallest absolute Gasteiger partial charge is 0.260 e. The maximum absolute atomic E-state index is 12.4. The Morgan fingerprint density at radius 3 is 2.27 bits per heavy atom. The van der Waals surface area contributed by atoms with E-state index >= 15 is 0 Å². The van der Waals surface area contributed by atoms with E-state index in [9.17, 15) is 4.79 Å². The second-order valence-corrected chi connectivity index (χ2v) is 5.81. The van der Waals surface area contributed by atoms with Crippen LogP contribution in [0, 0.1) is 6.92 Å². The van der Waals surface area contributed by atoms with E-state index in [0.717, 1.165) is 17.7 Å². The largest absolute Gasteiger partial charge is 0.399 e. The first-order valence-electron chi connectivity index (χ1n) is 8.94. The molecule has 5 heteroatoms. The molecule has 146 valence electrons. The van der Waals surface area contributed by atoms with Crippen molar-refractivity contribution in [3.8, 4) is 0 Å². The van der Waals surface area contributed by atoms with E-state index in [1.165, 1.54) is 0 Å². The monoisotopic (exact) mass is 361 g/mol. The van der Waals surface area contributed by atoms with Crippen molar-refractivity contribution in [2.75, 3.05) is 23.4 Å². The predicted molar refractivity (Wildman–Crippen MR) is 115 cm³/mol. The van der Waals surface area contributed by atoms with Gasteiger partial charge in [0.1, 0.15) is 0 Å². The van der Waals surface area contributed by atoms with Crippen molar-refractivity contribution in [2.45, 2.75) is 47.1 Å². The third-order valence-electron chi connectivity index (χ3n) is 3.59. The first-order chi connectivity index (χ1) is 12.3. The molecular formula is C21H35N3O2. The SMILES string of the molecule is CC.CCC(C)O.Cc1cccc(N(C)C(=O)c2cc(N)ccc2N)c1.[HH]. The molecule has 0 aliphatic heterocycles. The lowest BCUT2D eigenvalue weighted by atomic mass is 10.1. The van der Waals surface area contributed by atoms with E-state index in [1.54, 1.807) is 37.1 Å². The molecule has 0 spiro atoms. The van der Waals surface area contributed by atoms with Gasteiger partial charge in [-0.05, 0) is 56.2 Å². The van der Waals surface area contributed by atoms with Crippen LogP contribution in [-0.4, -0.2) is 24.2 Å². The summed E-state index contributed by atoms with van der Waals surface area (Å²) in [4.78, 5) is 14.0. The number of nitrogens with zero attached hydrogens (tertiary/aromatic N) is 1. The summed E-state index contributed by atoms with van der Waals surface area (Å²) in [6, 6.07) is 12.6. The molecule has 0 saturated carbocycles. The third kappa shape index (κ3) is 7.57. The summed E-state index contributed by atoms with van der Waals surface area (Å²) in [6.45, 7) is 9.71. The third-order valence-corrected chi connectivity index (χ3v) is 3.59. The molecule has 0 fully saturated rings. The Bertz CT molecular complexity index is 691. The Kier molecular flexibility index (Phi) is 10.8. The van der Waals surface area contributed by atoms with Crippen molar-refractivity contribution in [1.29, 1.82) is 0 Å². The van der Waals surface area contributed by atoms with Crippen molar-refractivity contribution < 1.29 is 11.3 Å². The summed E-state index contributed by atoms with van der Waals surface area (Å²) in [7, 11) is 1.72. The number of hydrogen-bond acceptors (Lipinski definition) is 4. The van der Waals surface area contributed by atoms with Crippen LogP contribution in [0.3, 0.4) is 0 Å². The van der Waals surface area contributed by atoms with Crippen LogP contribution in [0.5, 0.6) is 0 Å². The van der Waals surface area contributed by atoms with Gasteiger partial charge in [-0.2, -0.15) is 0 Å². The highest BCUT2D eigenvalue weighted by Gasteiger charge is 2.16. The minimum atomic E-state index is -0.171. The summed E-state index contributed by atoms with van der Waals surface area (Å²) in [6.07, 6.45) is 0.745. The number of nitrogens with two attached hydrogens (primary N) is 2. The zero-order valence-electron chi connectivity index (χ0n) is 16.8. The van der Waals surface area contributed by atoms with Crippen LogP contribution in [0.15, 0.2) is 42.5 Å². The molecule has 1 unspecified atom stereocenters. The lowest BCUT2D eigenvalue weighted by molar-refractivity contribution is 0.0994.